The molecular weight excluding hydrogens is 284 g/mol. The molecule has 3 N–H and O–H groups in total. The molecule has 1 heterocycles. The number of imide groups is 1. The van der Waals surface area contributed by atoms with Crippen LogP contribution in [0.4, 0.5) is 4.79 Å². The number of aromatic carboxylic acids is 1. The molecule has 1 rings (SSSR count). The van der Waals surface area contributed by atoms with Crippen molar-refractivity contribution in [3.05, 3.63) is 16.3 Å². The molecule has 0 saturated heterocycles. The van der Waals surface area contributed by atoms with Gasteiger partial charge in [-0.15, -0.1) is 11.3 Å². The van der Waals surface area contributed by atoms with Gasteiger partial charge in [0.1, 0.15) is 5.75 Å². The molecule has 0 aromatic carbocycles. The molecule has 3 amide bonds. The van der Waals surface area contributed by atoms with E-state index >= 15 is 0 Å². The van der Waals surface area contributed by atoms with Gasteiger partial charge in [0.15, 0.2) is 11.5 Å². The molecule has 0 aliphatic rings. The molecule has 0 fully saturated rings. The highest BCUT2D eigenvalue weighted by atomic mass is 32.1. The number of amides is 3. The van der Waals surface area contributed by atoms with Crippen molar-refractivity contribution in [2.75, 3.05) is 13.2 Å². The molecule has 0 aliphatic heterocycles. The van der Waals surface area contributed by atoms with Crippen LogP contribution in [0.1, 0.15) is 23.5 Å². The van der Waals surface area contributed by atoms with Gasteiger partial charge in [-0.05, 0) is 17.4 Å². The number of rotatable bonds is 6. The first kappa shape index (κ1) is 16.0. The number of hydrogen-bond donors (Lipinski definition) is 3. The lowest BCUT2D eigenvalue weighted by molar-refractivity contribution is -0.122. The number of carbonyl (C=O) groups excluding carboxylic acids is 2. The van der Waals surface area contributed by atoms with Gasteiger partial charge in [0.2, 0.25) is 0 Å². The second kappa shape index (κ2) is 7.49. The van der Waals surface area contributed by atoms with Crippen molar-refractivity contribution in [2.45, 2.75) is 13.8 Å². The van der Waals surface area contributed by atoms with Crippen LogP contribution < -0.4 is 15.4 Å². The van der Waals surface area contributed by atoms with Gasteiger partial charge >= 0.3 is 12.0 Å². The Balaban J connectivity index is 2.38. The molecule has 0 saturated carbocycles. The Bertz CT molecular complexity index is 498. The van der Waals surface area contributed by atoms with Crippen LogP contribution in [0.15, 0.2) is 11.4 Å². The number of carboxylic acids is 1. The van der Waals surface area contributed by atoms with Crippen molar-refractivity contribution in [3.8, 4) is 5.75 Å². The number of nitrogens with one attached hydrogen (secondary N) is 2. The maximum atomic E-state index is 11.4. The van der Waals surface area contributed by atoms with Crippen molar-refractivity contribution in [3.63, 3.8) is 0 Å². The Morgan fingerprint density at radius 3 is 2.70 bits per heavy atom. The van der Waals surface area contributed by atoms with Crippen LogP contribution in [-0.4, -0.2) is 36.2 Å². The average Bonchev–Trinajstić information content (AvgIpc) is 2.82. The lowest BCUT2D eigenvalue weighted by Crippen LogP contribution is -2.42. The lowest BCUT2D eigenvalue weighted by atomic mass is 10.2. The molecule has 0 bridgehead atoms. The van der Waals surface area contributed by atoms with Crippen molar-refractivity contribution < 1.29 is 24.2 Å². The van der Waals surface area contributed by atoms with Crippen LogP contribution in [0.3, 0.4) is 0 Å². The number of thiophene rings is 1. The minimum Gasteiger partial charge on any atom is -0.482 e. The second-order valence-corrected chi connectivity index (χ2v) is 5.28. The van der Waals surface area contributed by atoms with E-state index in [4.69, 9.17) is 9.84 Å². The Kier molecular flexibility index (Phi) is 5.98. The standard InChI is InChI=1S/C12H16N2O5S/c1-7(2)5-13-12(18)14-9(15)6-19-8-3-4-20-10(8)11(16)17/h3-4,7H,5-6H2,1-2H3,(H,16,17)(H2,13,14,15,18). The zero-order valence-corrected chi connectivity index (χ0v) is 12.0. The third-order valence-electron chi connectivity index (χ3n) is 2.11. The summed E-state index contributed by atoms with van der Waals surface area (Å²) in [6, 6.07) is 0.858. The van der Waals surface area contributed by atoms with Crippen molar-refractivity contribution in [2.24, 2.45) is 5.92 Å². The summed E-state index contributed by atoms with van der Waals surface area (Å²) in [7, 11) is 0. The molecule has 110 valence electrons. The van der Waals surface area contributed by atoms with E-state index in [1.807, 2.05) is 13.8 Å². The monoisotopic (exact) mass is 300 g/mol. The van der Waals surface area contributed by atoms with E-state index in [1.54, 1.807) is 5.38 Å². The summed E-state index contributed by atoms with van der Waals surface area (Å²) in [5.41, 5.74) is 0. The third-order valence-corrected chi connectivity index (χ3v) is 2.99. The summed E-state index contributed by atoms with van der Waals surface area (Å²) < 4.78 is 5.06. The minimum atomic E-state index is -1.12. The number of carboxylic acid groups (broad SMARTS) is 1. The summed E-state index contributed by atoms with van der Waals surface area (Å²) in [6.45, 7) is 3.88. The fourth-order valence-electron chi connectivity index (χ4n) is 1.21. The topological polar surface area (TPSA) is 105 Å². The Labute approximate surface area is 119 Å². The van der Waals surface area contributed by atoms with Gasteiger partial charge in [-0.1, -0.05) is 13.8 Å². The van der Waals surface area contributed by atoms with E-state index < -0.39 is 24.5 Å². The van der Waals surface area contributed by atoms with Crippen molar-refractivity contribution >= 4 is 29.2 Å². The van der Waals surface area contributed by atoms with E-state index in [9.17, 15) is 14.4 Å². The van der Waals surface area contributed by atoms with Gasteiger partial charge in [0.05, 0.1) is 0 Å². The fraction of sp³-hybridized carbons (Fsp3) is 0.417. The summed E-state index contributed by atoms with van der Waals surface area (Å²) >= 11 is 0.999. The zero-order chi connectivity index (χ0) is 15.1. The summed E-state index contributed by atoms with van der Waals surface area (Å²) in [6.07, 6.45) is 0. The van der Waals surface area contributed by atoms with Crippen LogP contribution >= 0.6 is 11.3 Å². The Hall–Kier alpha value is -2.09. The van der Waals surface area contributed by atoms with Crippen LogP contribution in [0.25, 0.3) is 0 Å². The van der Waals surface area contributed by atoms with Crippen LogP contribution in [0.2, 0.25) is 0 Å². The van der Waals surface area contributed by atoms with Gasteiger partial charge < -0.3 is 15.2 Å². The van der Waals surface area contributed by atoms with E-state index in [0.29, 0.717) is 6.54 Å². The van der Waals surface area contributed by atoms with E-state index in [-0.39, 0.29) is 16.5 Å². The molecule has 0 aliphatic carbocycles. The van der Waals surface area contributed by atoms with Gasteiger partial charge in [-0.2, -0.15) is 0 Å². The summed E-state index contributed by atoms with van der Waals surface area (Å²) in [5, 5.41) is 15.0. The molecule has 0 spiro atoms. The van der Waals surface area contributed by atoms with Crippen molar-refractivity contribution in [1.82, 2.24) is 10.6 Å². The maximum absolute atomic E-state index is 11.4. The molecular formula is C12H16N2O5S. The van der Waals surface area contributed by atoms with Gasteiger partial charge in [-0.3, -0.25) is 10.1 Å². The van der Waals surface area contributed by atoms with Crippen LogP contribution in [0.5, 0.6) is 5.75 Å². The third kappa shape index (κ3) is 5.27. The number of urea groups is 1. The maximum Gasteiger partial charge on any atom is 0.349 e. The smallest absolute Gasteiger partial charge is 0.349 e. The molecule has 0 radical (unpaired) electrons. The Morgan fingerprint density at radius 2 is 2.10 bits per heavy atom. The summed E-state index contributed by atoms with van der Waals surface area (Å²) in [5.74, 6) is -1.38. The predicted octanol–water partition coefficient (Wildman–Crippen LogP) is 1.31. The van der Waals surface area contributed by atoms with E-state index in [0.717, 1.165) is 11.3 Å². The first-order valence-electron chi connectivity index (χ1n) is 5.91. The zero-order valence-electron chi connectivity index (χ0n) is 11.1. The quantitative estimate of drug-likeness (QED) is 0.734. The first-order chi connectivity index (χ1) is 9.40. The highest BCUT2D eigenvalue weighted by molar-refractivity contribution is 7.12. The largest absolute Gasteiger partial charge is 0.482 e. The van der Waals surface area contributed by atoms with E-state index in [1.165, 1.54) is 6.07 Å². The predicted molar refractivity (Wildman–Crippen MR) is 73.2 cm³/mol. The van der Waals surface area contributed by atoms with Crippen LogP contribution in [-0.2, 0) is 4.79 Å². The van der Waals surface area contributed by atoms with Gasteiger partial charge in [0, 0.05) is 6.54 Å². The van der Waals surface area contributed by atoms with Crippen LogP contribution in [0, 0.1) is 5.92 Å². The second-order valence-electron chi connectivity index (χ2n) is 4.36. The molecule has 0 atom stereocenters. The molecule has 1 aromatic rings. The highest BCUT2D eigenvalue weighted by Gasteiger charge is 2.15. The molecule has 8 heteroatoms. The number of hydrogen-bond acceptors (Lipinski definition) is 5. The van der Waals surface area contributed by atoms with Crippen molar-refractivity contribution in [1.29, 1.82) is 0 Å². The average molecular weight is 300 g/mol. The fourth-order valence-corrected chi connectivity index (χ4v) is 1.89. The van der Waals surface area contributed by atoms with Gasteiger partial charge in [-0.25, -0.2) is 9.59 Å². The lowest BCUT2D eigenvalue weighted by Gasteiger charge is -2.09. The summed E-state index contributed by atoms with van der Waals surface area (Å²) in [4.78, 5) is 33.6. The Morgan fingerprint density at radius 1 is 1.40 bits per heavy atom. The molecule has 7 nitrogen and oxygen atoms in total. The molecule has 0 unspecified atom stereocenters. The molecule has 1 aromatic heterocycles. The minimum absolute atomic E-state index is 0.0158. The first-order valence-corrected chi connectivity index (χ1v) is 6.79. The van der Waals surface area contributed by atoms with E-state index in [2.05, 4.69) is 10.6 Å². The van der Waals surface area contributed by atoms with Gasteiger partial charge in [0.25, 0.3) is 5.91 Å². The number of carbonyl (C=O) groups is 3. The number of ether oxygens (including phenoxy) is 1. The molecule has 20 heavy (non-hydrogen) atoms. The SMILES string of the molecule is CC(C)CNC(=O)NC(=O)COc1ccsc1C(=O)O. The highest BCUT2D eigenvalue weighted by Crippen LogP contribution is 2.24. The normalized spacial score (nSPS) is 10.2.